The lowest BCUT2D eigenvalue weighted by molar-refractivity contribution is 0.596. The zero-order valence-corrected chi connectivity index (χ0v) is 14.4. The summed E-state index contributed by atoms with van der Waals surface area (Å²) in [6.45, 7) is 1.13. The fourth-order valence-electron chi connectivity index (χ4n) is 2.55. The summed E-state index contributed by atoms with van der Waals surface area (Å²) < 4.78 is 22.2. The average Bonchev–Trinajstić information content (AvgIpc) is 2.58. The Morgan fingerprint density at radius 1 is 1.00 bits per heavy atom. The highest BCUT2D eigenvalue weighted by atomic mass is 32.2. The molecule has 0 aliphatic carbocycles. The highest BCUT2D eigenvalue weighted by molar-refractivity contribution is 7.90. The van der Waals surface area contributed by atoms with Gasteiger partial charge in [-0.15, -0.1) is 0 Å². The van der Waals surface area contributed by atoms with Crippen molar-refractivity contribution in [2.45, 2.75) is 6.54 Å². The van der Waals surface area contributed by atoms with Crippen molar-refractivity contribution in [1.82, 2.24) is 10.3 Å². The van der Waals surface area contributed by atoms with Crippen LogP contribution in [0, 0.1) is 0 Å². The van der Waals surface area contributed by atoms with Gasteiger partial charge < -0.3 is 5.32 Å². The van der Waals surface area contributed by atoms with E-state index in [2.05, 4.69) is 58.8 Å². The van der Waals surface area contributed by atoms with Gasteiger partial charge in [-0.2, -0.15) is 0 Å². The second kappa shape index (κ2) is 7.11. The third-order valence-electron chi connectivity index (χ3n) is 3.87. The molecule has 3 aromatic rings. The minimum absolute atomic E-state index is 0.162. The molecule has 3 rings (SSSR count). The predicted octanol–water partition coefficient (Wildman–Crippen LogP) is 3.04. The standard InChI is InChI=1S/C19H20N2O2S/c1-24(22,23)12-11-20-14-15-4-6-16(7-5-15)18-9-8-17-3-2-10-21-19(17)13-18/h2-10,13,20H,11-12,14H2,1H3. The fraction of sp³-hybridized carbons (Fsp3) is 0.211. The van der Waals surface area contributed by atoms with Crippen LogP contribution in [0.25, 0.3) is 22.0 Å². The first-order chi connectivity index (χ1) is 11.5. The summed E-state index contributed by atoms with van der Waals surface area (Å²) in [5.41, 5.74) is 4.40. The molecular weight excluding hydrogens is 320 g/mol. The van der Waals surface area contributed by atoms with Crippen LogP contribution in [0.15, 0.2) is 60.8 Å². The van der Waals surface area contributed by atoms with Gasteiger partial charge in [0.25, 0.3) is 0 Å². The molecule has 4 nitrogen and oxygen atoms in total. The van der Waals surface area contributed by atoms with Gasteiger partial charge in [0.2, 0.25) is 0 Å². The number of fused-ring (bicyclic) bond motifs is 1. The molecule has 1 aromatic heterocycles. The Morgan fingerprint density at radius 2 is 1.75 bits per heavy atom. The van der Waals surface area contributed by atoms with E-state index in [9.17, 15) is 8.42 Å². The van der Waals surface area contributed by atoms with Gasteiger partial charge in [-0.25, -0.2) is 8.42 Å². The Balaban J connectivity index is 1.67. The zero-order valence-electron chi connectivity index (χ0n) is 13.6. The molecule has 24 heavy (non-hydrogen) atoms. The molecule has 1 N–H and O–H groups in total. The predicted molar refractivity (Wildman–Crippen MR) is 98.6 cm³/mol. The van der Waals surface area contributed by atoms with Gasteiger partial charge >= 0.3 is 0 Å². The number of benzene rings is 2. The number of pyridine rings is 1. The molecule has 124 valence electrons. The van der Waals surface area contributed by atoms with Crippen LogP contribution in [-0.4, -0.2) is 32.0 Å². The summed E-state index contributed by atoms with van der Waals surface area (Å²) in [6.07, 6.45) is 3.05. The summed E-state index contributed by atoms with van der Waals surface area (Å²) in [6, 6.07) is 18.5. The molecule has 0 aliphatic heterocycles. The van der Waals surface area contributed by atoms with E-state index in [-0.39, 0.29) is 5.75 Å². The van der Waals surface area contributed by atoms with Crippen molar-refractivity contribution in [2.75, 3.05) is 18.6 Å². The smallest absolute Gasteiger partial charge is 0.148 e. The van der Waals surface area contributed by atoms with Crippen molar-refractivity contribution < 1.29 is 8.42 Å². The number of hydrogen-bond donors (Lipinski definition) is 1. The molecule has 1 heterocycles. The Kier molecular flexibility index (Phi) is 4.92. The van der Waals surface area contributed by atoms with E-state index in [0.717, 1.165) is 27.6 Å². The van der Waals surface area contributed by atoms with Crippen LogP contribution in [0.3, 0.4) is 0 Å². The second-order valence-electron chi connectivity index (χ2n) is 5.91. The molecule has 0 aliphatic rings. The van der Waals surface area contributed by atoms with Gasteiger partial charge in [0, 0.05) is 30.9 Å². The minimum Gasteiger partial charge on any atom is -0.312 e. The third kappa shape index (κ3) is 4.40. The lowest BCUT2D eigenvalue weighted by Crippen LogP contribution is -2.21. The van der Waals surface area contributed by atoms with Crippen molar-refractivity contribution in [3.05, 3.63) is 66.4 Å². The van der Waals surface area contributed by atoms with Crippen LogP contribution in [-0.2, 0) is 16.4 Å². The molecular formula is C19H20N2O2S. The van der Waals surface area contributed by atoms with E-state index in [0.29, 0.717) is 13.1 Å². The molecule has 5 heteroatoms. The van der Waals surface area contributed by atoms with Crippen LogP contribution in [0.5, 0.6) is 0 Å². The normalized spacial score (nSPS) is 11.7. The van der Waals surface area contributed by atoms with Crippen LogP contribution in [0.4, 0.5) is 0 Å². The average molecular weight is 340 g/mol. The first-order valence-electron chi connectivity index (χ1n) is 7.84. The largest absolute Gasteiger partial charge is 0.312 e. The number of rotatable bonds is 6. The maximum absolute atomic E-state index is 11.1. The molecule has 0 saturated carbocycles. The minimum atomic E-state index is -2.91. The van der Waals surface area contributed by atoms with Gasteiger partial charge in [0.15, 0.2) is 0 Å². The Bertz CT molecular complexity index is 935. The summed E-state index contributed by atoms with van der Waals surface area (Å²) in [5, 5.41) is 4.28. The van der Waals surface area contributed by atoms with Gasteiger partial charge in [0.05, 0.1) is 11.3 Å². The van der Waals surface area contributed by atoms with Crippen molar-refractivity contribution in [3.63, 3.8) is 0 Å². The van der Waals surface area contributed by atoms with Gasteiger partial charge in [-0.3, -0.25) is 4.98 Å². The van der Waals surface area contributed by atoms with Crippen LogP contribution >= 0.6 is 0 Å². The lowest BCUT2D eigenvalue weighted by atomic mass is 10.0. The van der Waals surface area contributed by atoms with Crippen molar-refractivity contribution >= 4 is 20.7 Å². The maximum atomic E-state index is 11.1. The van der Waals surface area contributed by atoms with E-state index >= 15 is 0 Å². The van der Waals surface area contributed by atoms with E-state index in [1.807, 2.05) is 6.07 Å². The van der Waals surface area contributed by atoms with E-state index in [1.165, 1.54) is 6.26 Å². The van der Waals surface area contributed by atoms with Gasteiger partial charge in [-0.05, 0) is 28.8 Å². The van der Waals surface area contributed by atoms with Gasteiger partial charge in [0.1, 0.15) is 9.84 Å². The Morgan fingerprint density at radius 3 is 2.50 bits per heavy atom. The number of sulfone groups is 1. The highest BCUT2D eigenvalue weighted by Crippen LogP contribution is 2.23. The van der Waals surface area contributed by atoms with Crippen LogP contribution < -0.4 is 5.32 Å². The molecule has 0 amide bonds. The molecule has 0 spiro atoms. The third-order valence-corrected chi connectivity index (χ3v) is 4.82. The van der Waals surface area contributed by atoms with Gasteiger partial charge in [-0.1, -0.05) is 42.5 Å². The quantitative estimate of drug-likeness (QED) is 0.701. The number of hydrogen-bond acceptors (Lipinski definition) is 4. The van der Waals surface area contributed by atoms with Crippen molar-refractivity contribution in [2.24, 2.45) is 0 Å². The maximum Gasteiger partial charge on any atom is 0.148 e. The Labute approximate surface area is 142 Å². The summed E-state index contributed by atoms with van der Waals surface area (Å²) >= 11 is 0. The first kappa shape index (κ1) is 16.6. The fourth-order valence-corrected chi connectivity index (χ4v) is 3.07. The van der Waals surface area contributed by atoms with Crippen LogP contribution in [0.1, 0.15) is 5.56 Å². The summed E-state index contributed by atoms with van der Waals surface area (Å²) in [4.78, 5) is 4.40. The number of nitrogens with one attached hydrogen (secondary N) is 1. The van der Waals surface area contributed by atoms with Crippen molar-refractivity contribution in [1.29, 1.82) is 0 Å². The van der Waals surface area contributed by atoms with Crippen LogP contribution in [0.2, 0.25) is 0 Å². The first-order valence-corrected chi connectivity index (χ1v) is 9.90. The monoisotopic (exact) mass is 340 g/mol. The lowest BCUT2D eigenvalue weighted by Gasteiger charge is -2.07. The Hall–Kier alpha value is -2.24. The van der Waals surface area contributed by atoms with E-state index in [4.69, 9.17) is 0 Å². The highest BCUT2D eigenvalue weighted by Gasteiger charge is 2.03. The molecule has 0 fully saturated rings. The SMILES string of the molecule is CS(=O)(=O)CCNCc1ccc(-c2ccc3cccnc3c2)cc1. The molecule has 0 atom stereocenters. The molecule has 0 bridgehead atoms. The zero-order chi connectivity index (χ0) is 17.0. The molecule has 0 saturated heterocycles. The summed E-state index contributed by atoms with van der Waals surface area (Å²) in [5.74, 6) is 0.162. The number of aromatic nitrogens is 1. The molecule has 0 radical (unpaired) electrons. The second-order valence-corrected chi connectivity index (χ2v) is 8.17. The van der Waals surface area contributed by atoms with Crippen molar-refractivity contribution in [3.8, 4) is 11.1 Å². The molecule has 2 aromatic carbocycles. The number of nitrogens with zero attached hydrogens (tertiary/aromatic N) is 1. The van der Waals surface area contributed by atoms with E-state index in [1.54, 1.807) is 6.20 Å². The summed E-state index contributed by atoms with van der Waals surface area (Å²) in [7, 11) is -2.91. The van der Waals surface area contributed by atoms with E-state index < -0.39 is 9.84 Å². The topological polar surface area (TPSA) is 59.1 Å². The molecule has 0 unspecified atom stereocenters.